The van der Waals surface area contributed by atoms with Crippen LogP contribution in [0.2, 0.25) is 0 Å². The van der Waals surface area contributed by atoms with Crippen molar-refractivity contribution in [3.8, 4) is 0 Å². The summed E-state index contributed by atoms with van der Waals surface area (Å²) < 4.78 is 18.5. The third kappa shape index (κ3) is 7.06. The van der Waals surface area contributed by atoms with Gasteiger partial charge in [-0.15, -0.1) is 0 Å². The number of halogens is 1. The monoisotopic (exact) mass is 356 g/mol. The Morgan fingerprint density at radius 1 is 1.36 bits per heavy atom. The number of aliphatic hydroxyl groups excluding tert-OH is 1. The van der Waals surface area contributed by atoms with Gasteiger partial charge in [-0.3, -0.25) is 9.63 Å². The van der Waals surface area contributed by atoms with Crippen LogP contribution in [-0.2, 0) is 20.8 Å². The third-order valence-electron chi connectivity index (χ3n) is 3.27. The minimum atomic E-state index is -1.60. The summed E-state index contributed by atoms with van der Waals surface area (Å²) >= 11 is 0. The summed E-state index contributed by atoms with van der Waals surface area (Å²) in [5.41, 5.74) is -0.237. The zero-order valence-electron chi connectivity index (χ0n) is 15.1. The second kappa shape index (κ2) is 8.77. The Balaban J connectivity index is 2.96. The van der Waals surface area contributed by atoms with Crippen LogP contribution in [0.25, 0.3) is 0 Å². The van der Waals surface area contributed by atoms with Crippen LogP contribution in [-0.4, -0.2) is 54.1 Å². The second-order valence-corrected chi connectivity index (χ2v) is 6.55. The molecule has 8 heteroatoms. The maximum Gasteiger partial charge on any atom is 0.407 e. The van der Waals surface area contributed by atoms with Crippen LogP contribution in [0.3, 0.4) is 0 Å². The van der Waals surface area contributed by atoms with Crippen molar-refractivity contribution < 1.29 is 28.7 Å². The van der Waals surface area contributed by atoms with Crippen LogP contribution in [0.4, 0.5) is 9.18 Å². The van der Waals surface area contributed by atoms with Gasteiger partial charge in [0.05, 0.1) is 13.2 Å². The molecule has 0 bridgehead atoms. The molecule has 1 rings (SSSR count). The summed E-state index contributed by atoms with van der Waals surface area (Å²) in [4.78, 5) is 28.9. The summed E-state index contributed by atoms with van der Waals surface area (Å²) in [5.74, 6) is -1.21. The van der Waals surface area contributed by atoms with E-state index in [2.05, 4.69) is 5.32 Å². The van der Waals surface area contributed by atoms with Gasteiger partial charge in [0.15, 0.2) is 6.10 Å². The molecule has 0 heterocycles. The van der Waals surface area contributed by atoms with Gasteiger partial charge in [0.1, 0.15) is 11.4 Å². The number of carbonyl (C=O) groups excluding carboxylic acids is 2. The van der Waals surface area contributed by atoms with Gasteiger partial charge in [0.2, 0.25) is 0 Å². The fraction of sp³-hybridized carbons (Fsp3) is 0.529. The molecule has 2 unspecified atom stereocenters. The Morgan fingerprint density at radius 2 is 2.00 bits per heavy atom. The number of rotatable bonds is 6. The number of nitrogens with zero attached hydrogens (tertiary/aromatic N) is 1. The Labute approximate surface area is 146 Å². The maximum atomic E-state index is 13.4. The van der Waals surface area contributed by atoms with E-state index >= 15 is 0 Å². The van der Waals surface area contributed by atoms with Crippen molar-refractivity contribution in [2.75, 3.05) is 14.2 Å². The second-order valence-electron chi connectivity index (χ2n) is 6.55. The number of alkyl carbamates (subject to hydrolysis) is 1. The lowest BCUT2D eigenvalue weighted by molar-refractivity contribution is -0.179. The molecule has 2 amide bonds. The summed E-state index contributed by atoms with van der Waals surface area (Å²) in [6.07, 6.45) is -2.36. The van der Waals surface area contributed by atoms with Crippen molar-refractivity contribution in [3.63, 3.8) is 0 Å². The van der Waals surface area contributed by atoms with Gasteiger partial charge in [-0.05, 0) is 44.9 Å². The van der Waals surface area contributed by atoms with E-state index in [1.165, 1.54) is 32.4 Å². The van der Waals surface area contributed by atoms with E-state index in [-0.39, 0.29) is 6.42 Å². The molecule has 0 fully saturated rings. The van der Waals surface area contributed by atoms with Crippen LogP contribution in [0.5, 0.6) is 0 Å². The molecule has 0 aliphatic carbocycles. The number of carbonyl (C=O) groups is 2. The van der Waals surface area contributed by atoms with Crippen LogP contribution in [0.1, 0.15) is 26.3 Å². The van der Waals surface area contributed by atoms with Gasteiger partial charge in [-0.1, -0.05) is 12.1 Å². The molecule has 2 atom stereocenters. The van der Waals surface area contributed by atoms with Crippen LogP contribution in [0, 0.1) is 5.82 Å². The number of aliphatic hydroxyl groups is 1. The third-order valence-corrected chi connectivity index (χ3v) is 3.27. The van der Waals surface area contributed by atoms with Gasteiger partial charge >= 0.3 is 6.09 Å². The van der Waals surface area contributed by atoms with Crippen molar-refractivity contribution in [3.05, 3.63) is 35.6 Å². The first-order valence-corrected chi connectivity index (χ1v) is 7.77. The Morgan fingerprint density at radius 3 is 2.52 bits per heavy atom. The number of hydrogen-bond donors (Lipinski definition) is 2. The molecule has 140 valence electrons. The van der Waals surface area contributed by atoms with E-state index in [0.717, 1.165) is 5.06 Å². The lowest BCUT2D eigenvalue weighted by Gasteiger charge is -2.28. The van der Waals surface area contributed by atoms with Crippen LogP contribution in [0.15, 0.2) is 24.3 Å². The van der Waals surface area contributed by atoms with Crippen molar-refractivity contribution in [2.45, 2.75) is 44.9 Å². The lowest BCUT2D eigenvalue weighted by atomic mass is 10.0. The quantitative estimate of drug-likeness (QED) is 0.757. The fourth-order valence-electron chi connectivity index (χ4n) is 2.07. The molecular weight excluding hydrogens is 331 g/mol. The van der Waals surface area contributed by atoms with E-state index in [9.17, 15) is 19.1 Å². The standard InChI is InChI=1S/C17H25FN2O5/c1-17(2,3)25-16(23)19-13(14(21)15(22)20(4)24-5)10-11-7-6-8-12(18)9-11/h6-9,13-14,21H,10H2,1-5H3,(H,19,23). The van der Waals surface area contributed by atoms with Crippen molar-refractivity contribution in [1.29, 1.82) is 0 Å². The first kappa shape index (κ1) is 20.9. The van der Waals surface area contributed by atoms with E-state index in [1.807, 2.05) is 0 Å². The molecule has 7 nitrogen and oxygen atoms in total. The van der Waals surface area contributed by atoms with Crippen molar-refractivity contribution in [1.82, 2.24) is 10.4 Å². The highest BCUT2D eigenvalue weighted by molar-refractivity contribution is 5.81. The highest BCUT2D eigenvalue weighted by atomic mass is 19.1. The normalized spacial score (nSPS) is 13.7. The fourth-order valence-corrected chi connectivity index (χ4v) is 2.07. The van der Waals surface area contributed by atoms with Crippen LogP contribution >= 0.6 is 0 Å². The molecule has 1 aromatic rings. The van der Waals surface area contributed by atoms with E-state index in [1.54, 1.807) is 26.8 Å². The molecule has 0 aliphatic rings. The van der Waals surface area contributed by atoms with Crippen molar-refractivity contribution >= 4 is 12.0 Å². The van der Waals surface area contributed by atoms with E-state index in [0.29, 0.717) is 5.56 Å². The van der Waals surface area contributed by atoms with Gasteiger partial charge in [0.25, 0.3) is 5.91 Å². The number of hydrogen-bond acceptors (Lipinski definition) is 5. The topological polar surface area (TPSA) is 88.1 Å². The molecule has 0 saturated carbocycles. The van der Waals surface area contributed by atoms with E-state index in [4.69, 9.17) is 9.57 Å². The molecule has 0 aliphatic heterocycles. The van der Waals surface area contributed by atoms with Gasteiger partial charge in [-0.25, -0.2) is 14.2 Å². The predicted octanol–water partition coefficient (Wildman–Crippen LogP) is 1.64. The first-order valence-electron chi connectivity index (χ1n) is 7.77. The van der Waals surface area contributed by atoms with Gasteiger partial charge in [0, 0.05) is 7.05 Å². The highest BCUT2D eigenvalue weighted by Gasteiger charge is 2.31. The highest BCUT2D eigenvalue weighted by Crippen LogP contribution is 2.12. The Hall–Kier alpha value is -2.19. The number of hydroxylamine groups is 2. The molecule has 0 aromatic heterocycles. The maximum absolute atomic E-state index is 13.4. The summed E-state index contributed by atoms with van der Waals surface area (Å²) in [6.45, 7) is 5.07. The van der Waals surface area contributed by atoms with Crippen molar-refractivity contribution in [2.24, 2.45) is 0 Å². The first-order chi connectivity index (χ1) is 11.5. The smallest absolute Gasteiger partial charge is 0.407 e. The summed E-state index contributed by atoms with van der Waals surface area (Å²) in [7, 11) is 2.60. The number of benzene rings is 1. The molecule has 2 N–H and O–H groups in total. The summed E-state index contributed by atoms with van der Waals surface area (Å²) in [6, 6.07) is 4.65. The lowest BCUT2D eigenvalue weighted by Crippen LogP contribution is -2.52. The molecular formula is C17H25FN2O5. The Kier molecular flexibility index (Phi) is 7.32. The molecule has 0 spiro atoms. The number of nitrogens with one attached hydrogen (secondary N) is 1. The average molecular weight is 356 g/mol. The number of amides is 2. The number of likely N-dealkylation sites (N-methyl/N-ethyl adjacent to an activating group) is 1. The average Bonchev–Trinajstić information content (AvgIpc) is 2.50. The SMILES string of the molecule is CON(C)C(=O)C(O)C(Cc1cccc(F)c1)NC(=O)OC(C)(C)C. The Bertz CT molecular complexity index is 603. The van der Waals surface area contributed by atoms with Crippen LogP contribution < -0.4 is 5.32 Å². The zero-order chi connectivity index (χ0) is 19.2. The van der Waals surface area contributed by atoms with Gasteiger partial charge < -0.3 is 15.2 Å². The number of ether oxygens (including phenoxy) is 1. The minimum Gasteiger partial charge on any atom is -0.444 e. The largest absolute Gasteiger partial charge is 0.444 e. The predicted molar refractivity (Wildman–Crippen MR) is 89.0 cm³/mol. The summed E-state index contributed by atoms with van der Waals surface area (Å²) in [5, 5.41) is 13.6. The molecule has 25 heavy (non-hydrogen) atoms. The van der Waals surface area contributed by atoms with E-state index < -0.39 is 35.6 Å². The molecule has 0 radical (unpaired) electrons. The van der Waals surface area contributed by atoms with Gasteiger partial charge in [-0.2, -0.15) is 0 Å². The zero-order valence-corrected chi connectivity index (χ0v) is 15.1. The molecule has 1 aromatic carbocycles. The molecule has 0 saturated heterocycles. The minimum absolute atomic E-state index is 0.0292.